The average molecular weight is 358 g/mol. The fourth-order valence-electron chi connectivity index (χ4n) is 3.09. The summed E-state index contributed by atoms with van der Waals surface area (Å²) in [6, 6.07) is 7.63. The molecular weight excluding hydrogens is 332 g/mol. The number of methoxy groups -OCH3 is 1. The average Bonchev–Trinajstić information content (AvgIpc) is 3.18. The minimum atomic E-state index is 0.0273. The highest BCUT2D eigenvalue weighted by molar-refractivity contribution is 5.74. The topological polar surface area (TPSA) is 80.5 Å². The number of carbonyl (C=O) groups excluding carboxylic acids is 1. The molecule has 1 saturated heterocycles. The van der Waals surface area contributed by atoms with Crippen molar-refractivity contribution in [1.29, 1.82) is 0 Å². The SMILES string of the molecule is CCCCNC(=O)N1CCC(c2nc(-c3cccc(OC)c3)no2)CC1. The van der Waals surface area contributed by atoms with Crippen molar-refractivity contribution in [2.24, 2.45) is 0 Å². The van der Waals surface area contributed by atoms with Gasteiger partial charge in [-0.2, -0.15) is 4.98 Å². The molecule has 0 aliphatic carbocycles. The zero-order chi connectivity index (χ0) is 18.4. The normalized spacial score (nSPS) is 15.1. The third-order valence-corrected chi connectivity index (χ3v) is 4.71. The number of hydrogen-bond donors (Lipinski definition) is 1. The highest BCUT2D eigenvalue weighted by Gasteiger charge is 2.27. The summed E-state index contributed by atoms with van der Waals surface area (Å²) >= 11 is 0. The van der Waals surface area contributed by atoms with Gasteiger partial charge in [-0.3, -0.25) is 0 Å². The van der Waals surface area contributed by atoms with Gasteiger partial charge in [0.15, 0.2) is 0 Å². The monoisotopic (exact) mass is 358 g/mol. The van der Waals surface area contributed by atoms with Crippen LogP contribution in [-0.2, 0) is 0 Å². The molecular formula is C19H26N4O3. The van der Waals surface area contributed by atoms with Gasteiger partial charge in [0, 0.05) is 31.1 Å². The summed E-state index contributed by atoms with van der Waals surface area (Å²) in [6.45, 7) is 4.27. The number of rotatable bonds is 6. The predicted octanol–water partition coefficient (Wildman–Crippen LogP) is 3.43. The molecule has 7 heteroatoms. The molecule has 0 unspecified atom stereocenters. The number of piperidine rings is 1. The van der Waals surface area contributed by atoms with Crippen LogP contribution in [0.15, 0.2) is 28.8 Å². The summed E-state index contributed by atoms with van der Waals surface area (Å²) in [5.41, 5.74) is 0.868. The first-order valence-corrected chi connectivity index (χ1v) is 9.22. The van der Waals surface area contributed by atoms with E-state index in [-0.39, 0.29) is 11.9 Å². The second-order valence-corrected chi connectivity index (χ2v) is 6.53. The lowest BCUT2D eigenvalue weighted by molar-refractivity contribution is 0.175. The zero-order valence-corrected chi connectivity index (χ0v) is 15.4. The van der Waals surface area contributed by atoms with Crippen LogP contribution in [0.3, 0.4) is 0 Å². The molecule has 2 heterocycles. The van der Waals surface area contributed by atoms with Crippen molar-refractivity contribution < 1.29 is 14.1 Å². The Labute approximate surface area is 153 Å². The van der Waals surface area contributed by atoms with Gasteiger partial charge in [0.1, 0.15) is 5.75 Å². The zero-order valence-electron chi connectivity index (χ0n) is 15.4. The van der Waals surface area contributed by atoms with Crippen LogP contribution in [-0.4, -0.2) is 47.8 Å². The van der Waals surface area contributed by atoms with Crippen LogP contribution in [0.1, 0.15) is 44.4 Å². The summed E-state index contributed by atoms with van der Waals surface area (Å²) in [7, 11) is 1.63. The van der Waals surface area contributed by atoms with Crippen molar-refractivity contribution in [1.82, 2.24) is 20.4 Å². The molecule has 1 N–H and O–H groups in total. The minimum absolute atomic E-state index is 0.0273. The van der Waals surface area contributed by atoms with Gasteiger partial charge >= 0.3 is 6.03 Å². The molecule has 7 nitrogen and oxygen atoms in total. The van der Waals surface area contributed by atoms with Crippen molar-refractivity contribution in [3.8, 4) is 17.1 Å². The van der Waals surface area contributed by atoms with Gasteiger partial charge in [0.05, 0.1) is 7.11 Å². The van der Waals surface area contributed by atoms with Crippen molar-refractivity contribution in [2.75, 3.05) is 26.7 Å². The lowest BCUT2D eigenvalue weighted by Gasteiger charge is -2.30. The van der Waals surface area contributed by atoms with E-state index in [0.29, 0.717) is 24.8 Å². The van der Waals surface area contributed by atoms with E-state index >= 15 is 0 Å². The number of benzene rings is 1. The summed E-state index contributed by atoms with van der Waals surface area (Å²) in [5, 5.41) is 7.07. The molecule has 3 rings (SSSR count). The lowest BCUT2D eigenvalue weighted by Crippen LogP contribution is -2.44. The van der Waals surface area contributed by atoms with Crippen molar-refractivity contribution in [2.45, 2.75) is 38.5 Å². The van der Waals surface area contributed by atoms with E-state index in [0.717, 1.165) is 43.5 Å². The van der Waals surface area contributed by atoms with Crippen molar-refractivity contribution >= 4 is 6.03 Å². The van der Waals surface area contributed by atoms with Crippen LogP contribution in [0.5, 0.6) is 5.75 Å². The van der Waals surface area contributed by atoms with E-state index in [1.54, 1.807) is 7.11 Å². The molecule has 0 bridgehead atoms. The molecule has 140 valence electrons. The molecule has 2 amide bonds. The van der Waals surface area contributed by atoms with E-state index in [4.69, 9.17) is 9.26 Å². The van der Waals surface area contributed by atoms with Gasteiger partial charge in [-0.1, -0.05) is 30.6 Å². The molecule has 1 aliphatic rings. The van der Waals surface area contributed by atoms with Crippen LogP contribution in [0.2, 0.25) is 0 Å². The van der Waals surface area contributed by atoms with Crippen molar-refractivity contribution in [3.63, 3.8) is 0 Å². The highest BCUT2D eigenvalue weighted by atomic mass is 16.5. The van der Waals surface area contributed by atoms with Gasteiger partial charge in [0.25, 0.3) is 0 Å². The highest BCUT2D eigenvalue weighted by Crippen LogP contribution is 2.29. The smallest absolute Gasteiger partial charge is 0.317 e. The van der Waals surface area contributed by atoms with E-state index in [2.05, 4.69) is 22.4 Å². The number of urea groups is 1. The summed E-state index contributed by atoms with van der Waals surface area (Å²) in [4.78, 5) is 18.5. The number of aromatic nitrogens is 2. The Morgan fingerprint density at radius 2 is 2.19 bits per heavy atom. The number of likely N-dealkylation sites (tertiary alicyclic amines) is 1. The third-order valence-electron chi connectivity index (χ3n) is 4.71. The van der Waals surface area contributed by atoms with Crippen LogP contribution in [0, 0.1) is 0 Å². The molecule has 2 aromatic rings. The predicted molar refractivity (Wildman–Crippen MR) is 98.1 cm³/mol. The Bertz CT molecular complexity index is 723. The Morgan fingerprint density at radius 3 is 2.92 bits per heavy atom. The number of carbonyl (C=O) groups is 1. The lowest BCUT2D eigenvalue weighted by atomic mass is 9.97. The number of nitrogens with zero attached hydrogens (tertiary/aromatic N) is 3. The molecule has 0 radical (unpaired) electrons. The Morgan fingerprint density at radius 1 is 1.38 bits per heavy atom. The van der Waals surface area contributed by atoms with Gasteiger partial charge in [-0.15, -0.1) is 0 Å². The van der Waals surface area contributed by atoms with Crippen LogP contribution in [0.25, 0.3) is 11.4 Å². The first-order chi connectivity index (χ1) is 12.7. The first kappa shape index (κ1) is 18.2. The van der Waals surface area contributed by atoms with Crippen LogP contribution >= 0.6 is 0 Å². The number of hydrogen-bond acceptors (Lipinski definition) is 5. The van der Waals surface area contributed by atoms with Gasteiger partial charge in [-0.05, 0) is 31.4 Å². The number of nitrogens with one attached hydrogen (secondary N) is 1. The van der Waals surface area contributed by atoms with Crippen LogP contribution < -0.4 is 10.1 Å². The molecule has 1 aromatic carbocycles. The van der Waals surface area contributed by atoms with Gasteiger partial charge < -0.3 is 19.5 Å². The Kier molecular flexibility index (Phi) is 6.09. The standard InChI is InChI=1S/C19H26N4O3/c1-3-4-10-20-19(24)23-11-8-14(9-12-23)18-21-17(22-26-18)15-6-5-7-16(13-15)25-2/h5-7,13-14H,3-4,8-12H2,1-2H3,(H,20,24). The largest absolute Gasteiger partial charge is 0.497 e. The molecule has 26 heavy (non-hydrogen) atoms. The maximum absolute atomic E-state index is 12.1. The van der Waals surface area contributed by atoms with Crippen LogP contribution in [0.4, 0.5) is 4.79 Å². The fourth-order valence-corrected chi connectivity index (χ4v) is 3.09. The molecule has 0 saturated carbocycles. The Balaban J connectivity index is 1.57. The first-order valence-electron chi connectivity index (χ1n) is 9.22. The number of ether oxygens (including phenoxy) is 1. The molecule has 1 aliphatic heterocycles. The van der Waals surface area contributed by atoms with Crippen molar-refractivity contribution in [3.05, 3.63) is 30.2 Å². The second kappa shape index (κ2) is 8.69. The minimum Gasteiger partial charge on any atom is -0.497 e. The summed E-state index contributed by atoms with van der Waals surface area (Å²) < 4.78 is 10.7. The maximum atomic E-state index is 12.1. The molecule has 0 spiro atoms. The molecule has 1 aromatic heterocycles. The molecule has 1 fully saturated rings. The fraction of sp³-hybridized carbons (Fsp3) is 0.526. The van der Waals surface area contributed by atoms with E-state index < -0.39 is 0 Å². The second-order valence-electron chi connectivity index (χ2n) is 6.53. The van der Waals surface area contributed by atoms with E-state index in [9.17, 15) is 4.79 Å². The van der Waals surface area contributed by atoms with E-state index in [1.165, 1.54) is 0 Å². The van der Waals surface area contributed by atoms with Gasteiger partial charge in [0.2, 0.25) is 11.7 Å². The third kappa shape index (κ3) is 4.33. The van der Waals surface area contributed by atoms with E-state index in [1.807, 2.05) is 29.2 Å². The summed E-state index contributed by atoms with van der Waals surface area (Å²) in [6.07, 6.45) is 3.76. The number of amides is 2. The Hall–Kier alpha value is -2.57. The quantitative estimate of drug-likeness (QED) is 0.800. The maximum Gasteiger partial charge on any atom is 0.317 e. The number of unbranched alkanes of at least 4 members (excludes halogenated alkanes) is 1. The molecule has 0 atom stereocenters. The summed E-state index contributed by atoms with van der Waals surface area (Å²) in [5.74, 6) is 2.17. The van der Waals surface area contributed by atoms with Gasteiger partial charge in [-0.25, -0.2) is 4.79 Å².